The highest BCUT2D eigenvalue weighted by molar-refractivity contribution is 7.80. The van der Waals surface area contributed by atoms with E-state index in [1.54, 1.807) is 29.2 Å². The number of nitrogens with two attached hydrogens (primary N) is 1. The summed E-state index contributed by atoms with van der Waals surface area (Å²) in [7, 11) is 0. The average Bonchev–Trinajstić information content (AvgIpc) is 3.13. The lowest BCUT2D eigenvalue weighted by atomic mass is 10.1. The lowest BCUT2D eigenvalue weighted by Crippen LogP contribution is -2.40. The topological polar surface area (TPSA) is 128 Å². The Morgan fingerprint density at radius 2 is 1.89 bits per heavy atom. The van der Waals surface area contributed by atoms with E-state index in [2.05, 4.69) is 33.0 Å². The van der Waals surface area contributed by atoms with Crippen LogP contribution in [0.1, 0.15) is 20.8 Å². The Morgan fingerprint density at radius 1 is 1.18 bits per heavy atom. The second-order valence-electron chi connectivity index (χ2n) is 6.11. The Morgan fingerprint density at radius 3 is 2.57 bits per heavy atom. The number of carbonyl (C=O) groups excluding carboxylic acids is 2. The molecule has 0 radical (unpaired) electrons. The molecule has 2 amide bonds. The van der Waals surface area contributed by atoms with Crippen LogP contribution in [0.4, 0.5) is 11.5 Å². The van der Waals surface area contributed by atoms with Crippen LogP contribution >= 0.6 is 12.6 Å². The van der Waals surface area contributed by atoms with Gasteiger partial charge >= 0.3 is 0 Å². The van der Waals surface area contributed by atoms with Crippen molar-refractivity contribution >= 4 is 41.6 Å². The Balaban J connectivity index is 1.58. The minimum Gasteiger partial charge on any atom is -0.378 e. The number of aromatic nitrogens is 4. The number of hydrogen-bond acceptors (Lipinski definition) is 8. The van der Waals surface area contributed by atoms with E-state index in [0.717, 1.165) is 0 Å². The van der Waals surface area contributed by atoms with Gasteiger partial charge in [-0.2, -0.15) is 4.98 Å². The predicted molar refractivity (Wildman–Crippen MR) is 103 cm³/mol. The van der Waals surface area contributed by atoms with Gasteiger partial charge in [0.15, 0.2) is 17.2 Å². The Bertz CT molecular complexity index is 1040. The summed E-state index contributed by atoms with van der Waals surface area (Å²) in [5, 5.41) is 7.31. The molecule has 3 N–H and O–H groups in total. The van der Waals surface area contributed by atoms with Gasteiger partial charge in [0.25, 0.3) is 11.8 Å². The zero-order chi connectivity index (χ0) is 19.7. The highest BCUT2D eigenvalue weighted by Crippen LogP contribution is 2.21. The molecule has 1 saturated heterocycles. The molecule has 10 nitrogen and oxygen atoms in total. The number of primary amides is 1. The maximum absolute atomic E-state index is 12.5. The van der Waals surface area contributed by atoms with Crippen LogP contribution in [0.15, 0.2) is 35.6 Å². The number of amides is 2. The number of benzene rings is 1. The predicted octanol–water partition coefficient (Wildman–Crippen LogP) is 0.728. The summed E-state index contributed by atoms with van der Waals surface area (Å²) in [4.78, 5) is 34.2. The average molecular weight is 399 g/mol. The van der Waals surface area contributed by atoms with Gasteiger partial charge in [-0.05, 0) is 24.3 Å². The van der Waals surface area contributed by atoms with Crippen LogP contribution in [-0.4, -0.2) is 62.6 Å². The molecule has 4 rings (SSSR count). The molecular formula is C17H17N7O3S. The fraction of sp³-hybridized carbons (Fsp3) is 0.235. The van der Waals surface area contributed by atoms with Crippen molar-refractivity contribution in [1.82, 2.24) is 24.5 Å². The van der Waals surface area contributed by atoms with Gasteiger partial charge < -0.3 is 20.7 Å². The molecule has 0 atom stereocenters. The first-order valence-electron chi connectivity index (χ1n) is 8.51. The molecule has 28 heavy (non-hydrogen) atoms. The number of anilines is 2. The van der Waals surface area contributed by atoms with Crippen molar-refractivity contribution < 1.29 is 14.3 Å². The third-order valence-corrected chi connectivity index (χ3v) is 4.49. The summed E-state index contributed by atoms with van der Waals surface area (Å²) >= 11 is 4.17. The first-order valence-corrected chi connectivity index (χ1v) is 8.96. The van der Waals surface area contributed by atoms with Gasteiger partial charge in [-0.25, -0.2) is 9.50 Å². The van der Waals surface area contributed by atoms with E-state index in [4.69, 9.17) is 10.5 Å². The summed E-state index contributed by atoms with van der Waals surface area (Å²) in [5.41, 5.74) is 7.07. The summed E-state index contributed by atoms with van der Waals surface area (Å²) in [6.45, 7) is 2.28. The number of hydrogen-bond donors (Lipinski definition) is 3. The Kier molecular flexibility index (Phi) is 4.84. The van der Waals surface area contributed by atoms with Gasteiger partial charge in [0, 0.05) is 24.3 Å². The lowest BCUT2D eigenvalue weighted by Gasteiger charge is -2.26. The van der Waals surface area contributed by atoms with E-state index in [9.17, 15) is 9.59 Å². The molecular weight excluding hydrogens is 382 g/mol. The van der Waals surface area contributed by atoms with Gasteiger partial charge in [-0.1, -0.05) is 0 Å². The van der Waals surface area contributed by atoms with E-state index in [0.29, 0.717) is 49.0 Å². The van der Waals surface area contributed by atoms with Crippen LogP contribution in [0.5, 0.6) is 0 Å². The number of morpholine rings is 1. The fourth-order valence-electron chi connectivity index (χ4n) is 2.90. The molecule has 1 aromatic carbocycles. The van der Waals surface area contributed by atoms with Crippen LogP contribution in [0.2, 0.25) is 0 Å². The van der Waals surface area contributed by atoms with Crippen molar-refractivity contribution in [3.05, 3.63) is 41.7 Å². The molecule has 1 aliphatic heterocycles. The summed E-state index contributed by atoms with van der Waals surface area (Å²) in [6.07, 6.45) is 1.33. The maximum Gasteiger partial charge on any atom is 0.269 e. The second-order valence-corrected chi connectivity index (χ2v) is 6.51. The maximum atomic E-state index is 12.5. The first kappa shape index (κ1) is 18.2. The van der Waals surface area contributed by atoms with Gasteiger partial charge in [0.1, 0.15) is 0 Å². The van der Waals surface area contributed by atoms with Crippen LogP contribution in [-0.2, 0) is 4.74 Å². The number of fused-ring (bicyclic) bond motifs is 1. The summed E-state index contributed by atoms with van der Waals surface area (Å²) in [6, 6.07) is 7.01. The molecule has 144 valence electrons. The Hall–Kier alpha value is -3.18. The largest absolute Gasteiger partial charge is 0.378 e. The van der Waals surface area contributed by atoms with Crippen molar-refractivity contribution in [2.24, 2.45) is 5.73 Å². The van der Waals surface area contributed by atoms with Gasteiger partial charge in [0.2, 0.25) is 5.16 Å². The zero-order valence-electron chi connectivity index (χ0n) is 14.7. The van der Waals surface area contributed by atoms with Gasteiger partial charge in [-0.15, -0.1) is 17.7 Å². The van der Waals surface area contributed by atoms with Crippen molar-refractivity contribution in [2.45, 2.75) is 5.16 Å². The van der Waals surface area contributed by atoms with Crippen molar-refractivity contribution in [1.29, 1.82) is 0 Å². The minimum absolute atomic E-state index is 0.0312. The van der Waals surface area contributed by atoms with E-state index >= 15 is 0 Å². The molecule has 0 spiro atoms. The van der Waals surface area contributed by atoms with Crippen LogP contribution in [0, 0.1) is 0 Å². The van der Waals surface area contributed by atoms with Crippen LogP contribution in [0.25, 0.3) is 5.65 Å². The van der Waals surface area contributed by atoms with E-state index in [-0.39, 0.29) is 16.8 Å². The fourth-order valence-corrected chi connectivity index (χ4v) is 3.09. The highest BCUT2D eigenvalue weighted by atomic mass is 32.1. The molecule has 0 unspecified atom stereocenters. The van der Waals surface area contributed by atoms with Gasteiger partial charge in [0.05, 0.1) is 19.4 Å². The SMILES string of the molecule is NC(=O)c1cnc2c(Nc3ccc(C(=O)N4CCOCC4)cc3)nc(S)nn12. The van der Waals surface area contributed by atoms with E-state index in [1.165, 1.54) is 10.7 Å². The second kappa shape index (κ2) is 7.44. The smallest absolute Gasteiger partial charge is 0.269 e. The number of ether oxygens (including phenoxy) is 1. The molecule has 2 aromatic heterocycles. The molecule has 0 bridgehead atoms. The number of rotatable bonds is 4. The third-order valence-electron chi connectivity index (χ3n) is 4.30. The summed E-state index contributed by atoms with van der Waals surface area (Å²) in [5.74, 6) is -0.327. The number of thiol groups is 1. The van der Waals surface area contributed by atoms with Crippen LogP contribution < -0.4 is 11.1 Å². The molecule has 0 saturated carbocycles. The number of carbonyl (C=O) groups is 2. The monoisotopic (exact) mass is 399 g/mol. The summed E-state index contributed by atoms with van der Waals surface area (Å²) < 4.78 is 6.56. The molecule has 0 aliphatic carbocycles. The van der Waals surface area contributed by atoms with Gasteiger partial charge in [-0.3, -0.25) is 9.59 Å². The van der Waals surface area contributed by atoms with E-state index in [1.807, 2.05) is 0 Å². The first-order chi connectivity index (χ1) is 13.5. The zero-order valence-corrected chi connectivity index (χ0v) is 15.6. The van der Waals surface area contributed by atoms with Crippen molar-refractivity contribution in [3.8, 4) is 0 Å². The number of nitrogens with one attached hydrogen (secondary N) is 1. The minimum atomic E-state index is -0.657. The quantitative estimate of drug-likeness (QED) is 0.552. The molecule has 1 aliphatic rings. The van der Waals surface area contributed by atoms with Crippen molar-refractivity contribution in [2.75, 3.05) is 31.6 Å². The Labute approximate surface area is 165 Å². The third kappa shape index (κ3) is 3.49. The van der Waals surface area contributed by atoms with Crippen LogP contribution in [0.3, 0.4) is 0 Å². The number of nitrogens with zero attached hydrogens (tertiary/aromatic N) is 5. The molecule has 3 heterocycles. The van der Waals surface area contributed by atoms with E-state index < -0.39 is 5.91 Å². The number of imidazole rings is 1. The standard InChI is InChI=1S/C17H17N7O3S/c18-13(25)12-9-19-15-14(21-17(28)22-24(12)15)20-11-3-1-10(2-4-11)16(26)23-5-7-27-8-6-23/h1-4,9H,5-8H2,(H2,18,25)(H2,20,21,22,28). The molecule has 11 heteroatoms. The molecule has 1 fully saturated rings. The lowest BCUT2D eigenvalue weighted by molar-refractivity contribution is 0.0303. The highest BCUT2D eigenvalue weighted by Gasteiger charge is 2.19. The van der Waals surface area contributed by atoms with Crippen molar-refractivity contribution in [3.63, 3.8) is 0 Å². The normalized spacial score (nSPS) is 14.2. The molecule has 3 aromatic rings.